The topological polar surface area (TPSA) is 59.1 Å². The summed E-state index contributed by atoms with van der Waals surface area (Å²) in [5.41, 5.74) is 0.652. The first-order valence-electron chi connectivity index (χ1n) is 8.86. The van der Waals surface area contributed by atoms with E-state index < -0.39 is 0 Å². The quantitative estimate of drug-likeness (QED) is 0.725. The predicted molar refractivity (Wildman–Crippen MR) is 97.2 cm³/mol. The van der Waals surface area contributed by atoms with Crippen LogP contribution < -0.4 is 14.4 Å². The Labute approximate surface area is 149 Å². The molecule has 0 aliphatic carbocycles. The molecule has 0 saturated carbocycles. The molecule has 0 bridgehead atoms. The third-order valence-corrected chi connectivity index (χ3v) is 4.63. The minimum absolute atomic E-state index is 0.0588. The Morgan fingerprint density at radius 1 is 1.28 bits per heavy atom. The van der Waals surface area contributed by atoms with E-state index in [1.807, 2.05) is 11.8 Å². The van der Waals surface area contributed by atoms with Gasteiger partial charge in [-0.2, -0.15) is 0 Å². The lowest BCUT2D eigenvalue weighted by Gasteiger charge is -2.24. The van der Waals surface area contributed by atoms with Crippen molar-refractivity contribution in [3.8, 4) is 11.5 Å². The van der Waals surface area contributed by atoms with Crippen LogP contribution in [0.25, 0.3) is 0 Å². The normalized spacial score (nSPS) is 16.9. The maximum absolute atomic E-state index is 12.8. The molecule has 1 heterocycles. The van der Waals surface area contributed by atoms with Gasteiger partial charge in [-0.25, -0.2) is 0 Å². The van der Waals surface area contributed by atoms with E-state index in [9.17, 15) is 9.59 Å². The summed E-state index contributed by atoms with van der Waals surface area (Å²) in [6.45, 7) is 5.89. The van der Waals surface area contributed by atoms with Gasteiger partial charge in [0.05, 0.1) is 25.8 Å². The first-order chi connectivity index (χ1) is 12.0. The number of nitrogens with zero attached hydrogens (tertiary/aromatic N) is 2. The van der Waals surface area contributed by atoms with Crippen LogP contribution in [0.2, 0.25) is 0 Å². The largest absolute Gasteiger partial charge is 0.497 e. The van der Waals surface area contributed by atoms with Gasteiger partial charge in [0.1, 0.15) is 11.5 Å². The third-order valence-electron chi connectivity index (χ3n) is 4.63. The minimum atomic E-state index is -0.305. The fourth-order valence-corrected chi connectivity index (χ4v) is 3.14. The summed E-state index contributed by atoms with van der Waals surface area (Å²) < 4.78 is 10.6. The number of unbranched alkanes of at least 4 members (excludes halogenated alkanes) is 1. The van der Waals surface area contributed by atoms with E-state index >= 15 is 0 Å². The average molecular weight is 348 g/mol. The standard InChI is InChI=1S/C19H28N2O4/c1-5-7-10-20(6-2)19(23)14-11-18(22)21(13-14)16-12-15(24-3)8-9-17(16)25-4/h8-9,12,14H,5-7,10-11,13H2,1-4H3/t14-/m0/s1. The van der Waals surface area contributed by atoms with Crippen molar-refractivity contribution in [2.45, 2.75) is 33.1 Å². The van der Waals surface area contributed by atoms with E-state index in [1.165, 1.54) is 0 Å². The second-order valence-corrected chi connectivity index (χ2v) is 6.21. The molecular formula is C19H28N2O4. The summed E-state index contributed by atoms with van der Waals surface area (Å²) in [5, 5.41) is 0. The van der Waals surface area contributed by atoms with Gasteiger partial charge >= 0.3 is 0 Å². The summed E-state index contributed by atoms with van der Waals surface area (Å²) in [6, 6.07) is 5.34. The highest BCUT2D eigenvalue weighted by Gasteiger charge is 2.38. The molecule has 6 nitrogen and oxygen atoms in total. The summed E-state index contributed by atoms with van der Waals surface area (Å²) >= 11 is 0. The van der Waals surface area contributed by atoms with Crippen molar-refractivity contribution in [2.75, 3.05) is 38.8 Å². The molecule has 1 fully saturated rings. The lowest BCUT2D eigenvalue weighted by atomic mass is 10.1. The number of anilines is 1. The molecule has 138 valence electrons. The Morgan fingerprint density at radius 3 is 2.64 bits per heavy atom. The highest BCUT2D eigenvalue weighted by atomic mass is 16.5. The van der Waals surface area contributed by atoms with Crippen LogP contribution in [0, 0.1) is 5.92 Å². The average Bonchev–Trinajstić information content (AvgIpc) is 3.03. The zero-order valence-electron chi connectivity index (χ0n) is 15.6. The van der Waals surface area contributed by atoms with Crippen LogP contribution in [-0.2, 0) is 9.59 Å². The number of ether oxygens (including phenoxy) is 2. The molecule has 1 aromatic carbocycles. The number of rotatable bonds is 8. The minimum Gasteiger partial charge on any atom is -0.497 e. The van der Waals surface area contributed by atoms with E-state index in [2.05, 4.69) is 6.92 Å². The predicted octanol–water partition coefficient (Wildman–Crippen LogP) is 2.71. The van der Waals surface area contributed by atoms with Crippen molar-refractivity contribution in [3.63, 3.8) is 0 Å². The Balaban J connectivity index is 2.18. The van der Waals surface area contributed by atoms with Gasteiger partial charge < -0.3 is 19.3 Å². The Hall–Kier alpha value is -2.24. The van der Waals surface area contributed by atoms with E-state index in [4.69, 9.17) is 9.47 Å². The van der Waals surface area contributed by atoms with Crippen molar-refractivity contribution >= 4 is 17.5 Å². The second kappa shape index (κ2) is 8.74. The van der Waals surface area contributed by atoms with Crippen molar-refractivity contribution in [1.82, 2.24) is 4.90 Å². The number of carbonyl (C=O) groups excluding carboxylic acids is 2. The zero-order chi connectivity index (χ0) is 18.4. The summed E-state index contributed by atoms with van der Waals surface area (Å²) in [7, 11) is 3.15. The molecule has 0 radical (unpaired) electrons. The maximum Gasteiger partial charge on any atom is 0.228 e. The number of hydrogen-bond donors (Lipinski definition) is 0. The fraction of sp³-hybridized carbons (Fsp3) is 0.579. The molecule has 0 aromatic heterocycles. The van der Waals surface area contributed by atoms with Gasteiger partial charge in [0.2, 0.25) is 11.8 Å². The molecule has 25 heavy (non-hydrogen) atoms. The zero-order valence-corrected chi connectivity index (χ0v) is 15.6. The molecule has 1 saturated heterocycles. The second-order valence-electron chi connectivity index (χ2n) is 6.21. The van der Waals surface area contributed by atoms with Gasteiger partial charge in [-0.3, -0.25) is 9.59 Å². The molecule has 0 spiro atoms. The van der Waals surface area contributed by atoms with Gasteiger partial charge in [0, 0.05) is 32.1 Å². The van der Waals surface area contributed by atoms with Gasteiger partial charge in [-0.15, -0.1) is 0 Å². The van der Waals surface area contributed by atoms with Crippen molar-refractivity contribution < 1.29 is 19.1 Å². The summed E-state index contributed by atoms with van der Waals surface area (Å²) in [5.74, 6) is 0.947. The van der Waals surface area contributed by atoms with E-state index in [-0.39, 0.29) is 24.2 Å². The molecule has 1 aromatic rings. The van der Waals surface area contributed by atoms with Crippen LogP contribution >= 0.6 is 0 Å². The molecule has 0 unspecified atom stereocenters. The Kier molecular flexibility index (Phi) is 6.67. The molecule has 1 aliphatic rings. The number of methoxy groups -OCH3 is 2. The highest BCUT2D eigenvalue weighted by Crippen LogP contribution is 2.36. The number of hydrogen-bond acceptors (Lipinski definition) is 4. The van der Waals surface area contributed by atoms with Crippen LogP contribution in [0.5, 0.6) is 11.5 Å². The summed E-state index contributed by atoms with van der Waals surface area (Å²) in [6.07, 6.45) is 2.26. The molecular weight excluding hydrogens is 320 g/mol. The molecule has 1 aliphatic heterocycles. The van der Waals surface area contributed by atoms with Crippen LogP contribution in [0.1, 0.15) is 33.1 Å². The molecule has 2 rings (SSSR count). The van der Waals surface area contributed by atoms with Gasteiger partial charge in [0.15, 0.2) is 0 Å². The number of carbonyl (C=O) groups is 2. The van der Waals surface area contributed by atoms with Crippen LogP contribution in [0.3, 0.4) is 0 Å². The van der Waals surface area contributed by atoms with E-state index in [0.29, 0.717) is 30.3 Å². The van der Waals surface area contributed by atoms with Gasteiger partial charge in [-0.05, 0) is 25.5 Å². The molecule has 2 amide bonds. The van der Waals surface area contributed by atoms with Crippen molar-refractivity contribution in [3.05, 3.63) is 18.2 Å². The van der Waals surface area contributed by atoms with E-state index in [1.54, 1.807) is 37.3 Å². The lowest BCUT2D eigenvalue weighted by Crippen LogP contribution is -2.38. The van der Waals surface area contributed by atoms with Crippen LogP contribution in [0.15, 0.2) is 18.2 Å². The number of amides is 2. The van der Waals surface area contributed by atoms with Gasteiger partial charge in [0.25, 0.3) is 0 Å². The maximum atomic E-state index is 12.8. The molecule has 6 heteroatoms. The SMILES string of the molecule is CCCCN(CC)C(=O)[C@H]1CC(=O)N(c2cc(OC)ccc2OC)C1. The van der Waals surface area contributed by atoms with Crippen LogP contribution in [-0.4, -0.2) is 50.6 Å². The van der Waals surface area contributed by atoms with E-state index in [0.717, 1.165) is 19.4 Å². The number of benzene rings is 1. The Bertz CT molecular complexity index is 617. The third kappa shape index (κ3) is 4.24. The smallest absolute Gasteiger partial charge is 0.228 e. The van der Waals surface area contributed by atoms with Crippen molar-refractivity contribution in [1.29, 1.82) is 0 Å². The lowest BCUT2D eigenvalue weighted by molar-refractivity contribution is -0.135. The van der Waals surface area contributed by atoms with Crippen LogP contribution in [0.4, 0.5) is 5.69 Å². The molecule has 0 N–H and O–H groups in total. The first-order valence-corrected chi connectivity index (χ1v) is 8.86. The first kappa shape index (κ1) is 19.1. The molecule has 1 atom stereocenters. The van der Waals surface area contributed by atoms with Gasteiger partial charge in [-0.1, -0.05) is 13.3 Å². The Morgan fingerprint density at radius 2 is 2.04 bits per heavy atom. The van der Waals surface area contributed by atoms with Crippen molar-refractivity contribution in [2.24, 2.45) is 5.92 Å². The monoisotopic (exact) mass is 348 g/mol. The fourth-order valence-electron chi connectivity index (χ4n) is 3.14. The highest BCUT2D eigenvalue weighted by molar-refractivity contribution is 6.01. The summed E-state index contributed by atoms with van der Waals surface area (Å²) in [4.78, 5) is 28.8.